The molecule has 2 fully saturated rings. The lowest BCUT2D eigenvalue weighted by Crippen LogP contribution is -2.43. The number of carboxylic acids is 1. The first-order valence-corrected chi connectivity index (χ1v) is 5.32. The Bertz CT molecular complexity index is 269. The number of amides is 1. The zero-order valence-corrected chi connectivity index (χ0v) is 8.52. The quantitative estimate of drug-likeness (QED) is 0.726. The van der Waals surface area contributed by atoms with Crippen molar-refractivity contribution in [1.29, 1.82) is 0 Å². The van der Waals surface area contributed by atoms with E-state index in [9.17, 15) is 9.59 Å². The molecular weight excluding hydrogens is 198 g/mol. The van der Waals surface area contributed by atoms with Gasteiger partial charge in [-0.15, -0.1) is 0 Å². The van der Waals surface area contributed by atoms with Gasteiger partial charge in [-0.2, -0.15) is 0 Å². The monoisotopic (exact) mass is 213 g/mol. The number of carbonyl (C=O) groups excluding carboxylic acids is 1. The zero-order valence-electron chi connectivity index (χ0n) is 8.52. The highest BCUT2D eigenvalue weighted by Gasteiger charge is 2.38. The summed E-state index contributed by atoms with van der Waals surface area (Å²) in [6, 6.07) is 0.137. The van der Waals surface area contributed by atoms with E-state index in [1.807, 2.05) is 0 Å². The fourth-order valence-corrected chi connectivity index (χ4v) is 1.88. The molecule has 5 nitrogen and oxygen atoms in total. The Balaban J connectivity index is 1.96. The van der Waals surface area contributed by atoms with Crippen molar-refractivity contribution in [3.05, 3.63) is 0 Å². The molecule has 0 radical (unpaired) electrons. The number of hydrogen-bond donors (Lipinski definition) is 1. The summed E-state index contributed by atoms with van der Waals surface area (Å²) in [7, 11) is 0. The Hall–Kier alpha value is -1.10. The summed E-state index contributed by atoms with van der Waals surface area (Å²) < 4.78 is 5.27. The van der Waals surface area contributed by atoms with Gasteiger partial charge in [0.05, 0.1) is 0 Å². The third-order valence-corrected chi connectivity index (χ3v) is 2.78. The number of nitrogens with zero attached hydrogens (tertiary/aromatic N) is 1. The highest BCUT2D eigenvalue weighted by Crippen LogP contribution is 2.28. The van der Waals surface area contributed by atoms with E-state index >= 15 is 0 Å². The minimum absolute atomic E-state index is 0.137. The van der Waals surface area contributed by atoms with Gasteiger partial charge in [0.15, 0.2) is 0 Å². The number of carboxylic acid groups (broad SMARTS) is 1. The number of rotatable bonds is 4. The SMILES string of the molecule is O=C(O)CN(C(=O)[C@H]1CCCO1)C1CC1. The maximum Gasteiger partial charge on any atom is 0.323 e. The fourth-order valence-electron chi connectivity index (χ4n) is 1.88. The van der Waals surface area contributed by atoms with Crippen LogP contribution in [0.25, 0.3) is 0 Å². The molecule has 84 valence electrons. The molecular formula is C10H15NO4. The summed E-state index contributed by atoms with van der Waals surface area (Å²) in [6.07, 6.45) is 3.06. The van der Waals surface area contributed by atoms with Crippen molar-refractivity contribution in [2.24, 2.45) is 0 Å². The Kier molecular flexibility index (Phi) is 2.90. The average molecular weight is 213 g/mol. The lowest BCUT2D eigenvalue weighted by Gasteiger charge is -2.23. The van der Waals surface area contributed by atoms with Crippen LogP contribution in [0.2, 0.25) is 0 Å². The van der Waals surface area contributed by atoms with Crippen LogP contribution in [0, 0.1) is 0 Å². The zero-order chi connectivity index (χ0) is 10.8. The number of aliphatic carboxylic acids is 1. The molecule has 0 aromatic rings. The third-order valence-electron chi connectivity index (χ3n) is 2.78. The van der Waals surface area contributed by atoms with Crippen LogP contribution >= 0.6 is 0 Å². The van der Waals surface area contributed by atoms with E-state index in [0.717, 1.165) is 25.7 Å². The molecule has 0 spiro atoms. The van der Waals surface area contributed by atoms with Crippen LogP contribution in [0.5, 0.6) is 0 Å². The second-order valence-corrected chi connectivity index (χ2v) is 4.09. The molecule has 0 unspecified atom stereocenters. The first kappa shape index (κ1) is 10.4. The van der Waals surface area contributed by atoms with Gasteiger partial charge >= 0.3 is 5.97 Å². The van der Waals surface area contributed by atoms with Crippen LogP contribution in [-0.4, -0.2) is 47.2 Å². The molecule has 1 aliphatic carbocycles. The van der Waals surface area contributed by atoms with Gasteiger partial charge in [-0.25, -0.2) is 0 Å². The van der Waals surface area contributed by atoms with Gasteiger partial charge in [0.25, 0.3) is 5.91 Å². The normalized spacial score (nSPS) is 25.2. The van der Waals surface area contributed by atoms with Gasteiger partial charge in [-0.05, 0) is 25.7 Å². The molecule has 1 saturated heterocycles. The van der Waals surface area contributed by atoms with Gasteiger partial charge in [0.2, 0.25) is 0 Å². The third kappa shape index (κ3) is 2.47. The highest BCUT2D eigenvalue weighted by atomic mass is 16.5. The predicted molar refractivity (Wildman–Crippen MR) is 51.3 cm³/mol. The molecule has 1 aliphatic heterocycles. The largest absolute Gasteiger partial charge is 0.480 e. The highest BCUT2D eigenvalue weighted by molar-refractivity contribution is 5.85. The second kappa shape index (κ2) is 4.18. The second-order valence-electron chi connectivity index (χ2n) is 4.09. The van der Waals surface area contributed by atoms with E-state index in [4.69, 9.17) is 9.84 Å². The van der Waals surface area contributed by atoms with Crippen LogP contribution < -0.4 is 0 Å². The molecule has 1 saturated carbocycles. The minimum Gasteiger partial charge on any atom is -0.480 e. The molecule has 0 aromatic carbocycles. The van der Waals surface area contributed by atoms with E-state index < -0.39 is 12.1 Å². The van der Waals surface area contributed by atoms with Gasteiger partial charge in [-0.3, -0.25) is 9.59 Å². The minimum atomic E-state index is -0.951. The molecule has 2 aliphatic rings. The van der Waals surface area contributed by atoms with E-state index in [0.29, 0.717) is 6.61 Å². The lowest BCUT2D eigenvalue weighted by atomic mass is 10.2. The molecule has 1 heterocycles. The van der Waals surface area contributed by atoms with E-state index in [1.54, 1.807) is 0 Å². The van der Waals surface area contributed by atoms with E-state index in [1.165, 1.54) is 4.90 Å². The summed E-state index contributed by atoms with van der Waals surface area (Å²) in [5.41, 5.74) is 0. The van der Waals surface area contributed by atoms with Crippen LogP contribution in [-0.2, 0) is 14.3 Å². The summed E-state index contributed by atoms with van der Waals surface area (Å²) in [5, 5.41) is 8.72. The van der Waals surface area contributed by atoms with Crippen LogP contribution in [0.1, 0.15) is 25.7 Å². The maximum absolute atomic E-state index is 11.9. The predicted octanol–water partition coefficient (Wildman–Crippen LogP) is 0.241. The average Bonchev–Trinajstić information content (AvgIpc) is 2.88. The van der Waals surface area contributed by atoms with Crippen LogP contribution in [0.4, 0.5) is 0 Å². The molecule has 15 heavy (non-hydrogen) atoms. The maximum atomic E-state index is 11.9. The molecule has 0 aromatic heterocycles. The lowest BCUT2D eigenvalue weighted by molar-refractivity contribution is -0.149. The Morgan fingerprint density at radius 1 is 1.33 bits per heavy atom. The molecule has 1 amide bonds. The van der Waals surface area contributed by atoms with Crippen LogP contribution in [0.15, 0.2) is 0 Å². The Labute approximate surface area is 88.0 Å². The van der Waals surface area contributed by atoms with Crippen molar-refractivity contribution < 1.29 is 19.4 Å². The van der Waals surface area contributed by atoms with Gasteiger partial charge < -0.3 is 14.7 Å². The smallest absolute Gasteiger partial charge is 0.323 e. The number of ether oxygens (including phenoxy) is 1. The topological polar surface area (TPSA) is 66.8 Å². The summed E-state index contributed by atoms with van der Waals surface area (Å²) in [5.74, 6) is -1.09. The molecule has 5 heteroatoms. The van der Waals surface area contributed by atoms with Gasteiger partial charge in [-0.1, -0.05) is 0 Å². The molecule has 2 rings (SSSR count). The standard InChI is InChI=1S/C10H15NO4/c12-9(13)6-11(7-3-4-7)10(14)8-2-1-5-15-8/h7-8H,1-6H2,(H,12,13)/t8-/m1/s1. The first-order chi connectivity index (χ1) is 7.18. The molecule has 1 atom stereocenters. The van der Waals surface area contributed by atoms with E-state index in [2.05, 4.69) is 0 Å². The van der Waals surface area contributed by atoms with Crippen molar-refractivity contribution in [3.63, 3.8) is 0 Å². The first-order valence-electron chi connectivity index (χ1n) is 5.32. The van der Waals surface area contributed by atoms with Gasteiger partial charge in [0.1, 0.15) is 12.6 Å². The van der Waals surface area contributed by atoms with Crippen molar-refractivity contribution in [3.8, 4) is 0 Å². The number of hydrogen-bond acceptors (Lipinski definition) is 3. The van der Waals surface area contributed by atoms with Crippen molar-refractivity contribution >= 4 is 11.9 Å². The fraction of sp³-hybridized carbons (Fsp3) is 0.800. The Morgan fingerprint density at radius 3 is 2.53 bits per heavy atom. The van der Waals surface area contributed by atoms with Crippen molar-refractivity contribution in [2.45, 2.75) is 37.8 Å². The van der Waals surface area contributed by atoms with Crippen molar-refractivity contribution in [2.75, 3.05) is 13.2 Å². The molecule has 0 bridgehead atoms. The van der Waals surface area contributed by atoms with Crippen LogP contribution in [0.3, 0.4) is 0 Å². The molecule has 1 N–H and O–H groups in total. The summed E-state index contributed by atoms with van der Waals surface area (Å²) in [4.78, 5) is 24.0. The Morgan fingerprint density at radius 2 is 2.07 bits per heavy atom. The van der Waals surface area contributed by atoms with Gasteiger partial charge in [0, 0.05) is 12.6 Å². The summed E-state index contributed by atoms with van der Waals surface area (Å²) >= 11 is 0. The van der Waals surface area contributed by atoms with E-state index in [-0.39, 0.29) is 18.5 Å². The summed E-state index contributed by atoms with van der Waals surface area (Å²) in [6.45, 7) is 0.422. The van der Waals surface area contributed by atoms with Crippen molar-refractivity contribution in [1.82, 2.24) is 4.90 Å². The number of carbonyl (C=O) groups is 2.